The van der Waals surface area contributed by atoms with E-state index in [0.29, 0.717) is 29.1 Å². The number of hydrogen-bond donors (Lipinski definition) is 2. The van der Waals surface area contributed by atoms with Crippen molar-refractivity contribution >= 4 is 29.2 Å². The van der Waals surface area contributed by atoms with Gasteiger partial charge in [0.05, 0.1) is 6.54 Å². The lowest BCUT2D eigenvalue weighted by Crippen LogP contribution is -2.36. The molecule has 0 fully saturated rings. The molecular weight excluding hydrogens is 390 g/mol. The zero-order chi connectivity index (χ0) is 19.3. The number of aryl methyl sites for hydroxylation is 1. The molecule has 0 aliphatic rings. The van der Waals surface area contributed by atoms with Crippen LogP contribution in [0.5, 0.6) is 0 Å². The minimum atomic E-state index is -4.52. The molecule has 0 spiro atoms. The third kappa shape index (κ3) is 5.54. The second-order valence-corrected chi connectivity index (χ2v) is 6.30. The maximum Gasteiger partial charge on any atom is 0.435 e. The normalized spacial score (nSPS) is 12.3. The van der Waals surface area contributed by atoms with Crippen molar-refractivity contribution < 1.29 is 13.2 Å². The van der Waals surface area contributed by atoms with Crippen LogP contribution in [0.15, 0.2) is 29.4 Å². The molecule has 0 atom stereocenters. The number of guanidine groups is 1. The van der Waals surface area contributed by atoms with Gasteiger partial charge < -0.3 is 10.6 Å². The van der Waals surface area contributed by atoms with E-state index in [4.69, 9.17) is 23.2 Å². The monoisotopic (exact) mass is 407 g/mol. The summed E-state index contributed by atoms with van der Waals surface area (Å²) in [5.41, 5.74) is -0.138. The standard InChI is InChI=1S/C16H18Cl2F3N5/c1-3-22-15(23-7-10-4-5-12(17)6-13(10)18)24-8-11-9-26(2)25-14(11)16(19,20)21/h4-6,9H,3,7-8H2,1-2H3,(H2,22,23,24). The topological polar surface area (TPSA) is 54.2 Å². The van der Waals surface area contributed by atoms with Crippen LogP contribution in [0.1, 0.15) is 23.7 Å². The first-order chi connectivity index (χ1) is 12.2. The molecule has 1 heterocycles. The van der Waals surface area contributed by atoms with Gasteiger partial charge in [0.1, 0.15) is 0 Å². The second kappa shape index (κ2) is 8.64. The lowest BCUT2D eigenvalue weighted by Gasteiger charge is -2.12. The van der Waals surface area contributed by atoms with Gasteiger partial charge in [-0.2, -0.15) is 18.3 Å². The smallest absolute Gasteiger partial charge is 0.357 e. The predicted octanol–water partition coefficient (Wildman–Crippen LogP) is 4.00. The predicted molar refractivity (Wildman–Crippen MR) is 96.3 cm³/mol. The number of benzene rings is 1. The summed E-state index contributed by atoms with van der Waals surface area (Å²) in [4.78, 5) is 4.21. The van der Waals surface area contributed by atoms with Crippen LogP contribution in [0.3, 0.4) is 0 Å². The Hall–Kier alpha value is -1.93. The molecule has 2 rings (SSSR count). The molecule has 26 heavy (non-hydrogen) atoms. The zero-order valence-corrected chi connectivity index (χ0v) is 15.7. The number of rotatable bonds is 5. The Morgan fingerprint density at radius 1 is 1.23 bits per heavy atom. The SMILES string of the molecule is CCNC(=NCc1cn(C)nc1C(F)(F)F)NCc1ccc(Cl)cc1Cl. The van der Waals surface area contributed by atoms with E-state index in [0.717, 1.165) is 10.2 Å². The third-order valence-electron chi connectivity index (χ3n) is 3.39. The number of alkyl halides is 3. The first kappa shape index (κ1) is 20.4. The first-order valence-electron chi connectivity index (χ1n) is 7.76. The van der Waals surface area contributed by atoms with E-state index in [1.807, 2.05) is 6.92 Å². The number of halogens is 5. The lowest BCUT2D eigenvalue weighted by molar-refractivity contribution is -0.142. The van der Waals surface area contributed by atoms with Crippen LogP contribution >= 0.6 is 23.2 Å². The Morgan fingerprint density at radius 2 is 1.96 bits per heavy atom. The summed E-state index contributed by atoms with van der Waals surface area (Å²) >= 11 is 12.0. The maximum absolute atomic E-state index is 13.0. The largest absolute Gasteiger partial charge is 0.435 e. The minimum absolute atomic E-state index is 0.00160. The van der Waals surface area contributed by atoms with Crippen molar-refractivity contribution in [3.05, 3.63) is 51.3 Å². The van der Waals surface area contributed by atoms with Gasteiger partial charge in [0.15, 0.2) is 11.7 Å². The molecule has 0 saturated carbocycles. The number of aliphatic imine (C=N–C) groups is 1. The molecule has 0 unspecified atom stereocenters. The fourth-order valence-corrected chi connectivity index (χ4v) is 2.72. The number of nitrogens with zero attached hydrogens (tertiary/aromatic N) is 3. The van der Waals surface area contributed by atoms with Crippen LogP contribution < -0.4 is 10.6 Å². The van der Waals surface area contributed by atoms with Gasteiger partial charge in [0.25, 0.3) is 0 Å². The highest BCUT2D eigenvalue weighted by atomic mass is 35.5. The highest BCUT2D eigenvalue weighted by molar-refractivity contribution is 6.35. The van der Waals surface area contributed by atoms with Gasteiger partial charge in [-0.05, 0) is 24.6 Å². The highest BCUT2D eigenvalue weighted by Crippen LogP contribution is 2.30. The summed E-state index contributed by atoms with van der Waals surface area (Å²) < 4.78 is 40.1. The molecule has 0 amide bonds. The number of nitrogens with one attached hydrogen (secondary N) is 2. The van der Waals surface area contributed by atoms with E-state index in [9.17, 15) is 13.2 Å². The lowest BCUT2D eigenvalue weighted by atomic mass is 10.2. The van der Waals surface area contributed by atoms with E-state index in [1.54, 1.807) is 18.2 Å². The molecule has 1 aromatic carbocycles. The molecule has 142 valence electrons. The van der Waals surface area contributed by atoms with Gasteiger partial charge in [0.2, 0.25) is 0 Å². The molecule has 10 heteroatoms. The van der Waals surface area contributed by atoms with E-state index in [-0.39, 0.29) is 12.1 Å². The minimum Gasteiger partial charge on any atom is -0.357 e. The van der Waals surface area contributed by atoms with Gasteiger partial charge in [-0.3, -0.25) is 4.68 Å². The summed E-state index contributed by atoms with van der Waals surface area (Å²) in [6.07, 6.45) is -3.21. The van der Waals surface area contributed by atoms with Crippen molar-refractivity contribution in [3.8, 4) is 0 Å². The molecule has 0 radical (unpaired) electrons. The van der Waals surface area contributed by atoms with Crippen LogP contribution in [-0.2, 0) is 26.3 Å². The summed E-state index contributed by atoms with van der Waals surface area (Å²) in [5, 5.41) is 10.5. The number of hydrogen-bond acceptors (Lipinski definition) is 2. The fraction of sp³-hybridized carbons (Fsp3) is 0.375. The van der Waals surface area contributed by atoms with Crippen molar-refractivity contribution in [1.29, 1.82) is 0 Å². The summed E-state index contributed by atoms with van der Waals surface area (Å²) in [6.45, 7) is 2.60. The van der Waals surface area contributed by atoms with Gasteiger partial charge in [-0.1, -0.05) is 29.3 Å². The quantitative estimate of drug-likeness (QED) is 0.581. The van der Waals surface area contributed by atoms with Crippen LogP contribution in [0, 0.1) is 0 Å². The van der Waals surface area contributed by atoms with Crippen molar-refractivity contribution in [2.45, 2.75) is 26.2 Å². The molecule has 1 aromatic heterocycles. The Morgan fingerprint density at radius 3 is 2.58 bits per heavy atom. The summed E-state index contributed by atoms with van der Waals surface area (Å²) in [7, 11) is 1.44. The molecular formula is C16H18Cl2F3N5. The van der Waals surface area contributed by atoms with Crippen molar-refractivity contribution in [2.24, 2.45) is 12.0 Å². The Bertz CT molecular complexity index is 787. The van der Waals surface area contributed by atoms with Gasteiger partial charge in [-0.15, -0.1) is 0 Å². The van der Waals surface area contributed by atoms with Crippen LogP contribution in [-0.4, -0.2) is 22.3 Å². The van der Waals surface area contributed by atoms with Crippen molar-refractivity contribution in [3.63, 3.8) is 0 Å². The van der Waals surface area contributed by atoms with Gasteiger partial charge in [-0.25, -0.2) is 4.99 Å². The summed E-state index contributed by atoms with van der Waals surface area (Å²) in [5.74, 6) is 0.371. The zero-order valence-electron chi connectivity index (χ0n) is 14.2. The molecule has 0 aliphatic carbocycles. The number of aromatic nitrogens is 2. The van der Waals surface area contributed by atoms with E-state index in [2.05, 4.69) is 20.7 Å². The van der Waals surface area contributed by atoms with Gasteiger partial charge >= 0.3 is 6.18 Å². The third-order valence-corrected chi connectivity index (χ3v) is 3.97. The Kier molecular flexibility index (Phi) is 6.77. The summed E-state index contributed by atoms with van der Waals surface area (Å²) in [6, 6.07) is 5.10. The molecule has 0 saturated heterocycles. The maximum atomic E-state index is 13.0. The van der Waals surface area contributed by atoms with E-state index in [1.165, 1.54) is 13.2 Å². The molecule has 0 bridgehead atoms. The van der Waals surface area contributed by atoms with E-state index >= 15 is 0 Å². The average Bonchev–Trinajstić information content (AvgIpc) is 2.92. The Labute approximate surface area is 159 Å². The van der Waals surface area contributed by atoms with Crippen molar-refractivity contribution in [1.82, 2.24) is 20.4 Å². The Balaban J connectivity index is 2.12. The molecule has 2 aromatic rings. The van der Waals surface area contributed by atoms with Crippen molar-refractivity contribution in [2.75, 3.05) is 6.54 Å². The molecule has 2 N–H and O–H groups in total. The van der Waals surface area contributed by atoms with Crippen LogP contribution in [0.4, 0.5) is 13.2 Å². The van der Waals surface area contributed by atoms with Crippen LogP contribution in [0.25, 0.3) is 0 Å². The fourth-order valence-electron chi connectivity index (χ4n) is 2.24. The highest BCUT2D eigenvalue weighted by Gasteiger charge is 2.36. The molecule has 5 nitrogen and oxygen atoms in total. The van der Waals surface area contributed by atoms with E-state index < -0.39 is 11.9 Å². The second-order valence-electron chi connectivity index (χ2n) is 5.46. The molecule has 0 aliphatic heterocycles. The van der Waals surface area contributed by atoms with Gasteiger partial charge in [0, 0.05) is 41.9 Å². The van der Waals surface area contributed by atoms with Crippen LogP contribution in [0.2, 0.25) is 10.0 Å². The average molecular weight is 408 g/mol. The first-order valence-corrected chi connectivity index (χ1v) is 8.52.